The minimum atomic E-state index is -0.396. The van der Waals surface area contributed by atoms with Crippen molar-refractivity contribution in [3.05, 3.63) is 0 Å². The second-order valence-corrected chi connectivity index (χ2v) is 5.80. The summed E-state index contributed by atoms with van der Waals surface area (Å²) < 4.78 is 4.88. The van der Waals surface area contributed by atoms with Crippen molar-refractivity contribution in [2.75, 3.05) is 32.8 Å². The van der Waals surface area contributed by atoms with E-state index in [4.69, 9.17) is 4.74 Å². The summed E-state index contributed by atoms with van der Waals surface area (Å²) in [5.74, 6) is -0.133. The van der Waals surface area contributed by atoms with Gasteiger partial charge in [-0.2, -0.15) is 0 Å². The van der Waals surface area contributed by atoms with Gasteiger partial charge in [-0.05, 0) is 32.6 Å². The number of rotatable bonds is 7. The van der Waals surface area contributed by atoms with Crippen molar-refractivity contribution in [2.24, 2.45) is 11.8 Å². The van der Waals surface area contributed by atoms with Gasteiger partial charge in [0, 0.05) is 26.1 Å². The first-order valence-corrected chi connectivity index (χ1v) is 7.77. The molecule has 1 saturated heterocycles. The highest BCUT2D eigenvalue weighted by Crippen LogP contribution is 2.32. The molecule has 0 N–H and O–H groups in total. The van der Waals surface area contributed by atoms with Gasteiger partial charge in [0.2, 0.25) is 11.8 Å². The number of hydrogen-bond acceptors (Lipinski definition) is 4. The van der Waals surface area contributed by atoms with Crippen molar-refractivity contribution in [1.82, 2.24) is 9.80 Å². The highest BCUT2D eigenvalue weighted by atomic mass is 16.5. The maximum atomic E-state index is 12.4. The Balaban J connectivity index is 1.88. The molecule has 6 nitrogen and oxygen atoms in total. The Morgan fingerprint density at radius 3 is 2.62 bits per heavy atom. The Bertz CT molecular complexity index is 420. The zero-order chi connectivity index (χ0) is 15.4. The van der Waals surface area contributed by atoms with Crippen LogP contribution >= 0.6 is 0 Å². The van der Waals surface area contributed by atoms with Crippen LogP contribution in [0.25, 0.3) is 0 Å². The Morgan fingerprint density at radius 1 is 1.33 bits per heavy atom. The first-order valence-electron chi connectivity index (χ1n) is 7.77. The lowest BCUT2D eigenvalue weighted by atomic mass is 10.1. The fourth-order valence-corrected chi connectivity index (χ4v) is 2.69. The van der Waals surface area contributed by atoms with Crippen molar-refractivity contribution in [3.8, 4) is 0 Å². The minimum absolute atomic E-state index is 0.0313. The summed E-state index contributed by atoms with van der Waals surface area (Å²) in [5.41, 5.74) is 0. The van der Waals surface area contributed by atoms with E-state index in [9.17, 15) is 14.4 Å². The number of esters is 1. The van der Waals surface area contributed by atoms with E-state index in [1.54, 1.807) is 11.8 Å². The number of carbonyl (C=O) groups is 3. The van der Waals surface area contributed by atoms with Crippen LogP contribution in [0.15, 0.2) is 0 Å². The molecule has 0 aromatic rings. The molecule has 0 aromatic heterocycles. The average molecular weight is 296 g/mol. The van der Waals surface area contributed by atoms with Crippen molar-refractivity contribution in [2.45, 2.75) is 33.1 Å². The maximum absolute atomic E-state index is 12.4. The van der Waals surface area contributed by atoms with Crippen LogP contribution in [0.1, 0.15) is 33.1 Å². The number of likely N-dealkylation sites (N-methyl/N-ethyl adjacent to an activating group) is 1. The van der Waals surface area contributed by atoms with Gasteiger partial charge in [0.05, 0.1) is 12.5 Å². The number of ether oxygens (including phenoxy) is 1. The largest absolute Gasteiger partial charge is 0.465 e. The van der Waals surface area contributed by atoms with Crippen molar-refractivity contribution >= 4 is 17.8 Å². The van der Waals surface area contributed by atoms with Crippen molar-refractivity contribution < 1.29 is 19.1 Å². The van der Waals surface area contributed by atoms with Crippen LogP contribution in [0.5, 0.6) is 0 Å². The van der Waals surface area contributed by atoms with E-state index in [1.165, 1.54) is 17.7 Å². The molecule has 1 unspecified atom stereocenters. The summed E-state index contributed by atoms with van der Waals surface area (Å²) in [7, 11) is 0. The lowest BCUT2D eigenvalue weighted by Crippen LogP contribution is -2.41. The van der Waals surface area contributed by atoms with E-state index in [0.29, 0.717) is 25.6 Å². The lowest BCUT2D eigenvalue weighted by Gasteiger charge is -2.23. The molecule has 0 bridgehead atoms. The summed E-state index contributed by atoms with van der Waals surface area (Å²) in [5, 5.41) is 0. The number of likely N-dealkylation sites (tertiary alicyclic amines) is 1. The molecule has 0 radical (unpaired) electrons. The van der Waals surface area contributed by atoms with E-state index in [0.717, 1.165) is 6.54 Å². The highest BCUT2D eigenvalue weighted by molar-refractivity contribution is 5.90. The molecular formula is C15H24N2O4. The van der Waals surface area contributed by atoms with Gasteiger partial charge in [0.1, 0.15) is 6.54 Å². The van der Waals surface area contributed by atoms with E-state index in [2.05, 4.69) is 0 Å². The molecular weight excluding hydrogens is 272 g/mol. The first kappa shape index (κ1) is 15.8. The molecule has 0 aromatic carbocycles. The maximum Gasteiger partial charge on any atom is 0.325 e. The molecule has 1 aliphatic carbocycles. The highest BCUT2D eigenvalue weighted by Gasteiger charge is 2.38. The summed E-state index contributed by atoms with van der Waals surface area (Å²) in [4.78, 5) is 39.2. The van der Waals surface area contributed by atoms with Crippen LogP contribution in [0.2, 0.25) is 0 Å². The molecule has 6 heteroatoms. The quantitative estimate of drug-likeness (QED) is 0.647. The van der Waals surface area contributed by atoms with E-state index in [1.807, 2.05) is 6.92 Å². The van der Waals surface area contributed by atoms with Gasteiger partial charge in [0.15, 0.2) is 0 Å². The summed E-state index contributed by atoms with van der Waals surface area (Å²) in [6.45, 7) is 5.57. The van der Waals surface area contributed by atoms with Gasteiger partial charge in [-0.15, -0.1) is 0 Å². The van der Waals surface area contributed by atoms with E-state index in [-0.39, 0.29) is 30.7 Å². The minimum Gasteiger partial charge on any atom is -0.465 e. The van der Waals surface area contributed by atoms with Crippen molar-refractivity contribution in [1.29, 1.82) is 0 Å². The number of hydrogen-bond donors (Lipinski definition) is 0. The Kier molecular flexibility index (Phi) is 5.20. The Labute approximate surface area is 125 Å². The average Bonchev–Trinajstić information content (AvgIpc) is 3.19. The molecule has 1 saturated carbocycles. The van der Waals surface area contributed by atoms with Crippen LogP contribution in [-0.2, 0) is 19.1 Å². The fraction of sp³-hybridized carbons (Fsp3) is 0.800. The lowest BCUT2D eigenvalue weighted by molar-refractivity contribution is -0.150. The van der Waals surface area contributed by atoms with Gasteiger partial charge in [-0.25, -0.2) is 0 Å². The third-order valence-corrected chi connectivity index (χ3v) is 4.06. The van der Waals surface area contributed by atoms with Gasteiger partial charge in [0.25, 0.3) is 0 Å². The SMILES string of the molecule is CCOC(=O)CN(CC)C(=O)C1CC(=O)N(CC2CC2)C1. The molecule has 118 valence electrons. The molecule has 1 heterocycles. The molecule has 1 atom stereocenters. The van der Waals surface area contributed by atoms with E-state index >= 15 is 0 Å². The predicted molar refractivity (Wildman–Crippen MR) is 76.3 cm³/mol. The van der Waals surface area contributed by atoms with Crippen LogP contribution in [-0.4, -0.2) is 60.4 Å². The predicted octanol–water partition coefficient (Wildman–Crippen LogP) is 0.656. The van der Waals surface area contributed by atoms with Crippen LogP contribution < -0.4 is 0 Å². The monoisotopic (exact) mass is 296 g/mol. The summed E-state index contributed by atoms with van der Waals surface area (Å²) in [6, 6.07) is 0. The smallest absolute Gasteiger partial charge is 0.325 e. The summed E-state index contributed by atoms with van der Waals surface area (Å²) in [6.07, 6.45) is 2.64. The summed E-state index contributed by atoms with van der Waals surface area (Å²) >= 11 is 0. The molecule has 0 spiro atoms. The van der Waals surface area contributed by atoms with E-state index < -0.39 is 5.97 Å². The zero-order valence-electron chi connectivity index (χ0n) is 12.8. The molecule has 2 amide bonds. The van der Waals surface area contributed by atoms with Gasteiger partial charge < -0.3 is 14.5 Å². The fourth-order valence-electron chi connectivity index (χ4n) is 2.69. The normalized spacial score (nSPS) is 21.5. The van der Waals surface area contributed by atoms with Crippen molar-refractivity contribution in [3.63, 3.8) is 0 Å². The molecule has 1 aliphatic heterocycles. The topological polar surface area (TPSA) is 66.9 Å². The molecule has 21 heavy (non-hydrogen) atoms. The standard InChI is InChI=1S/C15H24N2O4/c1-3-16(10-14(19)21-4-2)15(20)12-7-13(18)17(9-12)8-11-5-6-11/h11-12H,3-10H2,1-2H3. The van der Waals surface area contributed by atoms with Crippen LogP contribution in [0.4, 0.5) is 0 Å². The molecule has 2 fully saturated rings. The molecule has 2 aliphatic rings. The Hall–Kier alpha value is -1.59. The van der Waals surface area contributed by atoms with Gasteiger partial charge >= 0.3 is 5.97 Å². The van der Waals surface area contributed by atoms with Crippen LogP contribution in [0, 0.1) is 11.8 Å². The molecule has 2 rings (SSSR count). The number of carbonyl (C=O) groups excluding carboxylic acids is 3. The first-order chi connectivity index (χ1) is 10.0. The van der Waals surface area contributed by atoms with Gasteiger partial charge in [-0.3, -0.25) is 14.4 Å². The third-order valence-electron chi connectivity index (χ3n) is 4.06. The second kappa shape index (κ2) is 6.91. The van der Waals surface area contributed by atoms with Crippen LogP contribution in [0.3, 0.4) is 0 Å². The third kappa shape index (κ3) is 4.19. The second-order valence-electron chi connectivity index (χ2n) is 5.80. The van der Waals surface area contributed by atoms with Gasteiger partial charge in [-0.1, -0.05) is 0 Å². The number of nitrogens with zero attached hydrogens (tertiary/aromatic N) is 2. The Morgan fingerprint density at radius 2 is 2.05 bits per heavy atom. The zero-order valence-corrected chi connectivity index (χ0v) is 12.8. The number of amides is 2.